The zero-order valence-electron chi connectivity index (χ0n) is 6.78. The highest BCUT2D eigenvalue weighted by atomic mass is 16.4. The van der Waals surface area contributed by atoms with Gasteiger partial charge in [0, 0.05) is 0 Å². The number of carboxylic acids is 1. The Morgan fingerprint density at radius 1 is 1.64 bits per heavy atom. The van der Waals surface area contributed by atoms with Crippen molar-refractivity contribution >= 4 is 5.97 Å². The zero-order valence-corrected chi connectivity index (χ0v) is 6.78. The van der Waals surface area contributed by atoms with E-state index in [-0.39, 0.29) is 5.92 Å². The van der Waals surface area contributed by atoms with Crippen LogP contribution in [-0.4, -0.2) is 17.1 Å². The van der Waals surface area contributed by atoms with Crippen LogP contribution in [0.2, 0.25) is 0 Å². The molecule has 11 heavy (non-hydrogen) atoms. The summed E-state index contributed by atoms with van der Waals surface area (Å²) < 4.78 is 0. The molecular weight excluding hydrogens is 146 g/mol. The molecule has 0 saturated carbocycles. The lowest BCUT2D eigenvalue weighted by Crippen LogP contribution is -2.19. The molecule has 2 atom stereocenters. The van der Waals surface area contributed by atoms with Gasteiger partial charge >= 0.3 is 5.97 Å². The molecule has 0 saturated heterocycles. The van der Waals surface area contributed by atoms with Gasteiger partial charge in [-0.1, -0.05) is 25.4 Å². The summed E-state index contributed by atoms with van der Waals surface area (Å²) in [6.07, 6.45) is 1.22. The molecule has 0 radical (unpaired) electrons. The minimum atomic E-state index is -1.12. The van der Waals surface area contributed by atoms with Crippen LogP contribution in [0.5, 0.6) is 0 Å². The fourth-order valence-corrected chi connectivity index (χ4v) is 0.737. The summed E-state index contributed by atoms with van der Waals surface area (Å²) in [5, 5.41) is 10.9. The first kappa shape index (κ1) is 10.1. The summed E-state index contributed by atoms with van der Waals surface area (Å²) in [6.45, 7) is 3.86. The molecule has 0 bridgehead atoms. The number of carboxylic acid groups (broad SMARTS) is 1. The second kappa shape index (κ2) is 4.82. The van der Waals surface area contributed by atoms with E-state index >= 15 is 0 Å². The Morgan fingerprint density at radius 2 is 2.18 bits per heavy atom. The van der Waals surface area contributed by atoms with Gasteiger partial charge < -0.3 is 5.11 Å². The standard InChI is InChI=1S/C7H13NO3/c1-3-5(2)4-6(8-11)7(9)10/h5-6H,3-4H2,1-2H3,(H,9,10). The molecule has 0 aromatic carbocycles. The molecule has 1 N–H and O–H groups in total. The Bertz CT molecular complexity index is 147. The lowest BCUT2D eigenvalue weighted by Gasteiger charge is -2.08. The number of rotatable bonds is 5. The van der Waals surface area contributed by atoms with E-state index in [1.807, 2.05) is 13.8 Å². The Morgan fingerprint density at radius 3 is 2.45 bits per heavy atom. The van der Waals surface area contributed by atoms with E-state index in [0.717, 1.165) is 6.42 Å². The van der Waals surface area contributed by atoms with Crippen LogP contribution in [0.15, 0.2) is 5.18 Å². The van der Waals surface area contributed by atoms with Crippen molar-refractivity contribution in [2.45, 2.75) is 32.7 Å². The summed E-state index contributed by atoms with van der Waals surface area (Å²) in [4.78, 5) is 20.3. The van der Waals surface area contributed by atoms with Crippen molar-refractivity contribution in [1.82, 2.24) is 0 Å². The van der Waals surface area contributed by atoms with Gasteiger partial charge in [-0.25, -0.2) is 4.79 Å². The first-order valence-electron chi connectivity index (χ1n) is 3.67. The van der Waals surface area contributed by atoms with Gasteiger partial charge in [0.05, 0.1) is 0 Å². The predicted octanol–water partition coefficient (Wildman–Crippen LogP) is 1.64. The molecular formula is C7H13NO3. The highest BCUT2D eigenvalue weighted by Gasteiger charge is 2.19. The highest BCUT2D eigenvalue weighted by Crippen LogP contribution is 2.11. The van der Waals surface area contributed by atoms with Crippen molar-refractivity contribution in [1.29, 1.82) is 0 Å². The van der Waals surface area contributed by atoms with Crippen LogP contribution in [0.3, 0.4) is 0 Å². The minimum Gasteiger partial charge on any atom is -0.480 e. The zero-order chi connectivity index (χ0) is 8.85. The van der Waals surface area contributed by atoms with Gasteiger partial charge in [-0.05, 0) is 12.3 Å². The van der Waals surface area contributed by atoms with Gasteiger partial charge in [-0.3, -0.25) is 0 Å². The molecule has 0 amide bonds. The number of aliphatic carboxylic acids is 1. The van der Waals surface area contributed by atoms with Crippen LogP contribution in [0.4, 0.5) is 0 Å². The Hall–Kier alpha value is -0.930. The predicted molar refractivity (Wildman–Crippen MR) is 41.3 cm³/mol. The average molecular weight is 159 g/mol. The third-order valence-corrected chi connectivity index (χ3v) is 1.73. The third kappa shape index (κ3) is 3.70. The van der Waals surface area contributed by atoms with Crippen molar-refractivity contribution in [2.75, 3.05) is 0 Å². The molecule has 2 unspecified atom stereocenters. The Balaban J connectivity index is 3.87. The largest absolute Gasteiger partial charge is 0.480 e. The average Bonchev–Trinajstić information content (AvgIpc) is 1.99. The second-order valence-corrected chi connectivity index (χ2v) is 2.71. The van der Waals surface area contributed by atoms with Gasteiger partial charge in [-0.15, -0.1) is 4.91 Å². The van der Waals surface area contributed by atoms with Gasteiger partial charge in [0.1, 0.15) is 0 Å². The van der Waals surface area contributed by atoms with Crippen LogP contribution < -0.4 is 0 Å². The molecule has 0 aliphatic carbocycles. The van der Waals surface area contributed by atoms with Crippen LogP contribution in [0.25, 0.3) is 0 Å². The van der Waals surface area contributed by atoms with E-state index in [1.54, 1.807) is 0 Å². The van der Waals surface area contributed by atoms with E-state index in [2.05, 4.69) is 5.18 Å². The minimum absolute atomic E-state index is 0.244. The number of hydrogen-bond acceptors (Lipinski definition) is 3. The van der Waals surface area contributed by atoms with Crippen molar-refractivity contribution in [2.24, 2.45) is 11.1 Å². The van der Waals surface area contributed by atoms with E-state index < -0.39 is 12.0 Å². The number of carbonyl (C=O) groups is 1. The summed E-state index contributed by atoms with van der Waals surface area (Å²) in [6, 6.07) is -1.06. The van der Waals surface area contributed by atoms with Crippen LogP contribution in [0, 0.1) is 10.8 Å². The van der Waals surface area contributed by atoms with Crippen molar-refractivity contribution in [3.05, 3.63) is 4.91 Å². The molecule has 0 aromatic heterocycles. The Kier molecular flexibility index (Phi) is 4.41. The summed E-state index contributed by atoms with van der Waals surface area (Å²) >= 11 is 0. The van der Waals surface area contributed by atoms with Crippen molar-refractivity contribution in [3.8, 4) is 0 Å². The molecule has 0 heterocycles. The van der Waals surface area contributed by atoms with Gasteiger partial charge in [0.25, 0.3) is 0 Å². The quantitative estimate of drug-likeness (QED) is 0.620. The molecule has 0 fully saturated rings. The third-order valence-electron chi connectivity index (χ3n) is 1.73. The SMILES string of the molecule is CCC(C)CC(N=O)C(=O)O. The van der Waals surface area contributed by atoms with Gasteiger partial charge in [0.15, 0.2) is 6.04 Å². The van der Waals surface area contributed by atoms with Crippen molar-refractivity contribution in [3.63, 3.8) is 0 Å². The maximum Gasteiger partial charge on any atom is 0.332 e. The van der Waals surface area contributed by atoms with Crippen LogP contribution in [0.1, 0.15) is 26.7 Å². The number of nitrogens with zero attached hydrogens (tertiary/aromatic N) is 1. The summed E-state index contributed by atoms with van der Waals surface area (Å²) in [5.74, 6) is -0.880. The molecule has 0 spiro atoms. The Labute approximate surface area is 65.6 Å². The smallest absolute Gasteiger partial charge is 0.332 e. The lowest BCUT2D eigenvalue weighted by molar-refractivity contribution is -0.138. The molecule has 0 rings (SSSR count). The van der Waals surface area contributed by atoms with E-state index in [4.69, 9.17) is 5.11 Å². The first-order chi connectivity index (χ1) is 5.11. The molecule has 4 nitrogen and oxygen atoms in total. The van der Waals surface area contributed by atoms with E-state index in [1.165, 1.54) is 0 Å². The van der Waals surface area contributed by atoms with Gasteiger partial charge in [-0.2, -0.15) is 0 Å². The highest BCUT2D eigenvalue weighted by molar-refractivity contribution is 5.73. The summed E-state index contributed by atoms with van der Waals surface area (Å²) in [7, 11) is 0. The topological polar surface area (TPSA) is 66.7 Å². The number of nitroso groups, excluding NO2 is 1. The fraction of sp³-hybridized carbons (Fsp3) is 0.857. The van der Waals surface area contributed by atoms with Crippen molar-refractivity contribution < 1.29 is 9.90 Å². The fourth-order valence-electron chi connectivity index (χ4n) is 0.737. The van der Waals surface area contributed by atoms with Crippen LogP contribution >= 0.6 is 0 Å². The van der Waals surface area contributed by atoms with E-state index in [9.17, 15) is 9.70 Å². The molecule has 0 aliphatic rings. The van der Waals surface area contributed by atoms with Crippen LogP contribution in [-0.2, 0) is 4.79 Å². The maximum atomic E-state index is 10.3. The number of hydrogen-bond donors (Lipinski definition) is 1. The van der Waals surface area contributed by atoms with Gasteiger partial charge in [0.2, 0.25) is 0 Å². The monoisotopic (exact) mass is 159 g/mol. The molecule has 0 aliphatic heterocycles. The molecule has 4 heteroatoms. The molecule has 0 aromatic rings. The summed E-state index contributed by atoms with van der Waals surface area (Å²) in [5.41, 5.74) is 0. The lowest BCUT2D eigenvalue weighted by atomic mass is 10.0. The van der Waals surface area contributed by atoms with E-state index in [0.29, 0.717) is 6.42 Å². The first-order valence-corrected chi connectivity index (χ1v) is 3.67. The normalized spacial score (nSPS) is 15.5. The molecule has 64 valence electrons. The maximum absolute atomic E-state index is 10.3. The second-order valence-electron chi connectivity index (χ2n) is 2.71.